The first-order chi connectivity index (χ1) is 9.20. The second-order valence-electron chi connectivity index (χ2n) is 4.07. The van der Waals surface area contributed by atoms with E-state index in [1.165, 1.54) is 6.07 Å². The van der Waals surface area contributed by atoms with Gasteiger partial charge in [0.05, 0.1) is 5.69 Å². The Morgan fingerprint density at radius 1 is 1.37 bits per heavy atom. The molecule has 0 spiro atoms. The predicted octanol–water partition coefficient (Wildman–Crippen LogP) is 2.14. The summed E-state index contributed by atoms with van der Waals surface area (Å²) in [4.78, 5) is 10.8. The maximum absolute atomic E-state index is 10.8. The molecule has 0 fully saturated rings. The molecule has 98 valence electrons. The Bertz CT molecular complexity index is 585. The van der Waals surface area contributed by atoms with E-state index in [1.807, 2.05) is 36.4 Å². The molecule has 5 heteroatoms. The van der Waals surface area contributed by atoms with Gasteiger partial charge in [-0.05, 0) is 24.6 Å². The predicted molar refractivity (Wildman–Crippen MR) is 73.7 cm³/mol. The second-order valence-corrected chi connectivity index (χ2v) is 4.07. The molecular formula is C14H15N3O2. The molecule has 2 rings (SSSR count). The number of nitrogens with one attached hydrogen (secondary N) is 1. The van der Waals surface area contributed by atoms with Gasteiger partial charge in [-0.1, -0.05) is 36.4 Å². The lowest BCUT2D eigenvalue weighted by Crippen LogP contribution is -1.95. The number of aromatic amines is 1. The van der Waals surface area contributed by atoms with Crippen LogP contribution in [0.4, 0.5) is 0 Å². The van der Waals surface area contributed by atoms with E-state index in [0.717, 1.165) is 17.5 Å². The average molecular weight is 257 g/mol. The van der Waals surface area contributed by atoms with Crippen molar-refractivity contribution in [2.24, 2.45) is 5.73 Å². The van der Waals surface area contributed by atoms with E-state index in [0.29, 0.717) is 12.2 Å². The highest BCUT2D eigenvalue weighted by molar-refractivity contribution is 5.86. The van der Waals surface area contributed by atoms with Gasteiger partial charge in [-0.25, -0.2) is 4.79 Å². The number of aromatic carboxylic acids is 1. The molecule has 0 amide bonds. The molecule has 1 heterocycles. The van der Waals surface area contributed by atoms with Gasteiger partial charge in [0, 0.05) is 5.56 Å². The normalized spacial score (nSPS) is 11.0. The zero-order chi connectivity index (χ0) is 13.7. The van der Waals surface area contributed by atoms with Crippen LogP contribution in [0.1, 0.15) is 22.5 Å². The number of carboxylic acids is 1. The number of carbonyl (C=O) groups is 1. The molecule has 0 atom stereocenters. The van der Waals surface area contributed by atoms with Crippen LogP contribution in [-0.4, -0.2) is 27.8 Å². The van der Waals surface area contributed by atoms with E-state index in [4.69, 9.17) is 10.8 Å². The highest BCUT2D eigenvalue weighted by Gasteiger charge is 2.08. The summed E-state index contributed by atoms with van der Waals surface area (Å²) in [7, 11) is 0. The molecule has 0 unspecified atom stereocenters. The lowest BCUT2D eigenvalue weighted by atomic mass is 10.1. The summed E-state index contributed by atoms with van der Waals surface area (Å²) >= 11 is 0. The van der Waals surface area contributed by atoms with Crippen molar-refractivity contribution in [3.8, 4) is 11.3 Å². The van der Waals surface area contributed by atoms with Crippen molar-refractivity contribution < 1.29 is 9.90 Å². The Labute approximate surface area is 110 Å². The number of benzene rings is 1. The van der Waals surface area contributed by atoms with Gasteiger partial charge < -0.3 is 10.8 Å². The number of nitrogens with zero attached hydrogens (tertiary/aromatic N) is 1. The first-order valence-corrected chi connectivity index (χ1v) is 5.96. The van der Waals surface area contributed by atoms with Gasteiger partial charge in [-0.2, -0.15) is 5.10 Å². The summed E-state index contributed by atoms with van der Waals surface area (Å²) in [6.07, 6.45) is 4.87. The van der Waals surface area contributed by atoms with Crippen molar-refractivity contribution in [3.63, 3.8) is 0 Å². The summed E-state index contributed by atoms with van der Waals surface area (Å²) in [5.74, 6) is -1.01. The summed E-state index contributed by atoms with van der Waals surface area (Å²) < 4.78 is 0. The summed E-state index contributed by atoms with van der Waals surface area (Å²) in [6.45, 7) is 0.639. The van der Waals surface area contributed by atoms with E-state index in [2.05, 4.69) is 10.2 Å². The Kier molecular flexibility index (Phi) is 4.10. The number of nitrogens with two attached hydrogens (primary N) is 1. The monoisotopic (exact) mass is 257 g/mol. The highest BCUT2D eigenvalue weighted by atomic mass is 16.4. The molecule has 0 aliphatic rings. The van der Waals surface area contributed by atoms with E-state index >= 15 is 0 Å². The van der Waals surface area contributed by atoms with Crippen LogP contribution >= 0.6 is 0 Å². The van der Waals surface area contributed by atoms with Gasteiger partial charge >= 0.3 is 5.97 Å². The fourth-order valence-electron chi connectivity index (χ4n) is 1.66. The molecule has 0 saturated carbocycles. The SMILES string of the molecule is NCCC=Cc1ccc(-c2cc(C(=O)O)[nH]n2)cc1. The molecule has 0 aliphatic carbocycles. The standard InChI is InChI=1S/C14H15N3O2/c15-8-2-1-3-10-4-6-11(7-5-10)12-9-13(14(18)19)17-16-12/h1,3-7,9H,2,8,15H2,(H,16,17)(H,18,19). The van der Waals surface area contributed by atoms with E-state index in [-0.39, 0.29) is 5.69 Å². The second kappa shape index (κ2) is 5.97. The molecule has 0 aliphatic heterocycles. The topological polar surface area (TPSA) is 92.0 Å². The first-order valence-electron chi connectivity index (χ1n) is 5.96. The third-order valence-electron chi connectivity index (χ3n) is 2.66. The van der Waals surface area contributed by atoms with Crippen molar-refractivity contribution in [2.75, 3.05) is 6.54 Å². The number of hydrogen-bond acceptors (Lipinski definition) is 3. The van der Waals surface area contributed by atoms with Crippen LogP contribution < -0.4 is 5.73 Å². The average Bonchev–Trinajstić information content (AvgIpc) is 2.90. The largest absolute Gasteiger partial charge is 0.477 e. The fraction of sp³-hybridized carbons (Fsp3) is 0.143. The number of hydrogen-bond donors (Lipinski definition) is 3. The first kappa shape index (κ1) is 13.0. The molecule has 1 aromatic carbocycles. The lowest BCUT2D eigenvalue weighted by molar-refractivity contribution is 0.0690. The maximum atomic E-state index is 10.8. The Morgan fingerprint density at radius 3 is 2.68 bits per heavy atom. The Morgan fingerprint density at radius 2 is 2.11 bits per heavy atom. The number of aromatic nitrogens is 2. The molecule has 0 bridgehead atoms. The van der Waals surface area contributed by atoms with E-state index in [9.17, 15) is 4.79 Å². The van der Waals surface area contributed by atoms with Gasteiger partial charge in [0.1, 0.15) is 5.69 Å². The van der Waals surface area contributed by atoms with Crippen LogP contribution in [0.25, 0.3) is 17.3 Å². The molecule has 19 heavy (non-hydrogen) atoms. The Hall–Kier alpha value is -2.40. The van der Waals surface area contributed by atoms with Gasteiger partial charge in [0.25, 0.3) is 0 Å². The fourth-order valence-corrected chi connectivity index (χ4v) is 1.66. The van der Waals surface area contributed by atoms with Crippen molar-refractivity contribution in [1.29, 1.82) is 0 Å². The van der Waals surface area contributed by atoms with Crippen LogP contribution in [0.5, 0.6) is 0 Å². The van der Waals surface area contributed by atoms with Gasteiger partial charge in [0.2, 0.25) is 0 Å². The highest BCUT2D eigenvalue weighted by Crippen LogP contribution is 2.18. The minimum Gasteiger partial charge on any atom is -0.477 e. The van der Waals surface area contributed by atoms with Gasteiger partial charge in [-0.15, -0.1) is 0 Å². The molecule has 2 aromatic rings. The van der Waals surface area contributed by atoms with Gasteiger partial charge in [-0.3, -0.25) is 5.10 Å². The molecular weight excluding hydrogens is 242 g/mol. The third kappa shape index (κ3) is 3.29. The smallest absolute Gasteiger partial charge is 0.353 e. The number of carboxylic acid groups (broad SMARTS) is 1. The molecule has 0 saturated heterocycles. The molecule has 4 N–H and O–H groups in total. The quantitative estimate of drug-likeness (QED) is 0.765. The zero-order valence-corrected chi connectivity index (χ0v) is 10.3. The van der Waals surface area contributed by atoms with Crippen LogP contribution in [0.15, 0.2) is 36.4 Å². The summed E-state index contributed by atoms with van der Waals surface area (Å²) in [6, 6.07) is 9.24. The third-order valence-corrected chi connectivity index (χ3v) is 2.66. The van der Waals surface area contributed by atoms with Gasteiger partial charge in [0.15, 0.2) is 0 Å². The van der Waals surface area contributed by atoms with Crippen molar-refractivity contribution >= 4 is 12.0 Å². The molecule has 1 aromatic heterocycles. The minimum atomic E-state index is -1.01. The number of H-pyrrole nitrogens is 1. The Balaban J connectivity index is 2.15. The van der Waals surface area contributed by atoms with Crippen LogP contribution in [0.2, 0.25) is 0 Å². The lowest BCUT2D eigenvalue weighted by Gasteiger charge is -1.97. The summed E-state index contributed by atoms with van der Waals surface area (Å²) in [5, 5.41) is 15.3. The minimum absolute atomic E-state index is 0.0851. The van der Waals surface area contributed by atoms with Crippen LogP contribution in [0, 0.1) is 0 Å². The number of rotatable bonds is 5. The van der Waals surface area contributed by atoms with Crippen molar-refractivity contribution in [2.45, 2.75) is 6.42 Å². The zero-order valence-electron chi connectivity index (χ0n) is 10.3. The molecule has 5 nitrogen and oxygen atoms in total. The van der Waals surface area contributed by atoms with Crippen LogP contribution in [0.3, 0.4) is 0 Å². The van der Waals surface area contributed by atoms with Crippen molar-refractivity contribution in [3.05, 3.63) is 47.7 Å². The van der Waals surface area contributed by atoms with Crippen molar-refractivity contribution in [1.82, 2.24) is 10.2 Å². The summed E-state index contributed by atoms with van der Waals surface area (Å²) in [5.41, 5.74) is 8.06. The van der Waals surface area contributed by atoms with E-state index < -0.39 is 5.97 Å². The van der Waals surface area contributed by atoms with Crippen LogP contribution in [-0.2, 0) is 0 Å². The molecule has 0 radical (unpaired) electrons. The maximum Gasteiger partial charge on any atom is 0.353 e. The van der Waals surface area contributed by atoms with E-state index in [1.54, 1.807) is 0 Å².